The van der Waals surface area contributed by atoms with Crippen molar-refractivity contribution in [2.75, 3.05) is 26.2 Å². The fourth-order valence-electron chi connectivity index (χ4n) is 3.65. The van der Waals surface area contributed by atoms with Gasteiger partial charge in [-0.25, -0.2) is 4.98 Å². The number of imidazole rings is 1. The van der Waals surface area contributed by atoms with Gasteiger partial charge in [0.05, 0.1) is 0 Å². The molecular weight excluding hydrogens is 358 g/mol. The summed E-state index contributed by atoms with van der Waals surface area (Å²) < 4.78 is 2.05. The topological polar surface area (TPSA) is 50.3 Å². The van der Waals surface area contributed by atoms with Crippen LogP contribution in [0.1, 0.15) is 93.8 Å². The van der Waals surface area contributed by atoms with Crippen molar-refractivity contribution in [3.63, 3.8) is 0 Å². The molecule has 2 aliphatic heterocycles. The van der Waals surface area contributed by atoms with Crippen LogP contribution in [0, 0.1) is 0 Å². The summed E-state index contributed by atoms with van der Waals surface area (Å²) in [7, 11) is 2.02. The molecule has 29 heavy (non-hydrogen) atoms. The van der Waals surface area contributed by atoms with Crippen molar-refractivity contribution in [1.29, 1.82) is 0 Å². The Bertz CT molecular complexity index is 480. The zero-order valence-corrected chi connectivity index (χ0v) is 19.0. The maximum Gasteiger partial charge on any atom is 0.110 e. The monoisotopic (exact) mass is 411 g/mol. The second-order valence-electron chi connectivity index (χ2n) is 8.88. The standard InChI is InChI=1S/C8H17N.C7H12N2.C7H16N2.2CH4/c1-8(2)9-6-4-3-5-7-9;1-6(2)7-8-4-5-9(7)3;1-6(2)9-4-3-7(8)5-9;;/h8H,3-7H2,1-2H3;4-6H,1-3H3;6-7H,3-5,8H2,1-2H3;2*1H4/t;;7-;;/m..0../s1. The molecule has 1 aromatic rings. The van der Waals surface area contributed by atoms with E-state index in [4.69, 9.17) is 5.73 Å². The van der Waals surface area contributed by atoms with Gasteiger partial charge in [0.1, 0.15) is 5.82 Å². The molecule has 0 saturated carbocycles. The van der Waals surface area contributed by atoms with Crippen molar-refractivity contribution in [3.8, 4) is 0 Å². The zero-order chi connectivity index (χ0) is 20.4. The number of nitrogens with zero attached hydrogens (tertiary/aromatic N) is 4. The fraction of sp³-hybridized carbons (Fsp3) is 0.875. The highest BCUT2D eigenvalue weighted by atomic mass is 15.2. The van der Waals surface area contributed by atoms with Gasteiger partial charge in [0, 0.05) is 50.0 Å². The Morgan fingerprint density at radius 2 is 1.45 bits per heavy atom. The van der Waals surface area contributed by atoms with E-state index in [0.29, 0.717) is 18.0 Å². The first-order chi connectivity index (χ1) is 12.7. The van der Waals surface area contributed by atoms with Crippen molar-refractivity contribution in [3.05, 3.63) is 18.2 Å². The summed E-state index contributed by atoms with van der Waals surface area (Å²) in [4.78, 5) is 9.16. The number of aryl methyl sites for hydroxylation is 1. The van der Waals surface area contributed by atoms with E-state index >= 15 is 0 Å². The van der Waals surface area contributed by atoms with Gasteiger partial charge < -0.3 is 15.2 Å². The van der Waals surface area contributed by atoms with Crippen LogP contribution in [-0.4, -0.2) is 63.7 Å². The molecule has 0 radical (unpaired) electrons. The summed E-state index contributed by atoms with van der Waals surface area (Å²) in [5.74, 6) is 1.68. The number of rotatable bonds is 3. The SMILES string of the molecule is C.C.CC(C)N1CCCCC1.CC(C)N1CC[C@H](N)C1.CC(C)c1nccn1C. The lowest BCUT2D eigenvalue weighted by molar-refractivity contribution is 0.185. The van der Waals surface area contributed by atoms with Crippen LogP contribution in [0.4, 0.5) is 0 Å². The molecule has 0 amide bonds. The average molecular weight is 412 g/mol. The van der Waals surface area contributed by atoms with E-state index in [1.165, 1.54) is 45.3 Å². The third kappa shape index (κ3) is 11.8. The Balaban J connectivity index is 0. The van der Waals surface area contributed by atoms with Gasteiger partial charge in [-0.2, -0.15) is 0 Å². The van der Waals surface area contributed by atoms with Crippen molar-refractivity contribution in [1.82, 2.24) is 19.4 Å². The lowest BCUT2D eigenvalue weighted by atomic mass is 10.1. The highest BCUT2D eigenvalue weighted by molar-refractivity contribution is 4.95. The van der Waals surface area contributed by atoms with E-state index < -0.39 is 0 Å². The van der Waals surface area contributed by atoms with Crippen LogP contribution in [0.15, 0.2) is 12.4 Å². The third-order valence-corrected chi connectivity index (χ3v) is 5.48. The average Bonchev–Trinajstić information content (AvgIpc) is 3.25. The van der Waals surface area contributed by atoms with E-state index in [9.17, 15) is 0 Å². The Morgan fingerprint density at radius 3 is 1.69 bits per heavy atom. The Morgan fingerprint density at radius 1 is 0.897 bits per heavy atom. The number of aromatic nitrogens is 2. The van der Waals surface area contributed by atoms with Gasteiger partial charge in [-0.1, -0.05) is 35.1 Å². The largest absolute Gasteiger partial charge is 0.338 e. The molecule has 2 aliphatic rings. The van der Waals surface area contributed by atoms with Crippen LogP contribution in [0.25, 0.3) is 0 Å². The molecule has 3 rings (SSSR count). The molecule has 2 saturated heterocycles. The second-order valence-corrected chi connectivity index (χ2v) is 8.88. The first kappa shape index (κ1) is 30.3. The van der Waals surface area contributed by atoms with E-state index in [2.05, 4.69) is 56.3 Å². The molecule has 1 atom stereocenters. The van der Waals surface area contributed by atoms with Crippen LogP contribution in [-0.2, 0) is 7.05 Å². The molecule has 2 fully saturated rings. The number of likely N-dealkylation sites (tertiary alicyclic amines) is 2. The Hall–Kier alpha value is -0.910. The molecule has 5 nitrogen and oxygen atoms in total. The molecule has 1 aromatic heterocycles. The Kier molecular flexibility index (Phi) is 16.6. The molecule has 2 N–H and O–H groups in total. The summed E-state index contributed by atoms with van der Waals surface area (Å²) in [5, 5.41) is 0. The van der Waals surface area contributed by atoms with Gasteiger partial charge in [-0.3, -0.25) is 4.90 Å². The fourth-order valence-corrected chi connectivity index (χ4v) is 3.65. The van der Waals surface area contributed by atoms with Gasteiger partial charge in [0.15, 0.2) is 0 Å². The molecule has 0 aromatic carbocycles. The van der Waals surface area contributed by atoms with E-state index in [-0.39, 0.29) is 14.9 Å². The summed E-state index contributed by atoms with van der Waals surface area (Å²) in [6.45, 7) is 18.2. The molecule has 174 valence electrons. The Labute approximate surface area is 183 Å². The van der Waals surface area contributed by atoms with Crippen molar-refractivity contribution in [2.45, 2.75) is 106 Å². The number of nitrogens with two attached hydrogens (primary N) is 1. The van der Waals surface area contributed by atoms with Gasteiger partial charge in [0.2, 0.25) is 0 Å². The minimum atomic E-state index is 0. The number of piperidine rings is 1. The number of hydrogen-bond donors (Lipinski definition) is 1. The second kappa shape index (κ2) is 15.9. The maximum absolute atomic E-state index is 5.72. The first-order valence-electron chi connectivity index (χ1n) is 10.9. The minimum absolute atomic E-state index is 0. The summed E-state index contributed by atoms with van der Waals surface area (Å²) in [6.07, 6.45) is 9.25. The molecule has 0 aliphatic carbocycles. The predicted molar refractivity (Wildman–Crippen MR) is 131 cm³/mol. The normalized spacial score (nSPS) is 19.8. The zero-order valence-electron chi connectivity index (χ0n) is 19.0. The molecule has 0 spiro atoms. The highest BCUT2D eigenvalue weighted by Gasteiger charge is 2.20. The molecule has 5 heteroatoms. The lowest BCUT2D eigenvalue weighted by Gasteiger charge is -2.29. The lowest BCUT2D eigenvalue weighted by Crippen LogP contribution is -2.35. The van der Waals surface area contributed by atoms with E-state index in [0.717, 1.165) is 18.4 Å². The molecule has 3 heterocycles. The van der Waals surface area contributed by atoms with Gasteiger partial charge in [0.25, 0.3) is 0 Å². The predicted octanol–water partition coefficient (Wildman–Crippen LogP) is 5.12. The summed E-state index contributed by atoms with van der Waals surface area (Å²) >= 11 is 0. The highest BCUT2D eigenvalue weighted by Crippen LogP contribution is 2.11. The molecular formula is C24H53N5. The number of hydrogen-bond acceptors (Lipinski definition) is 4. The quantitative estimate of drug-likeness (QED) is 0.749. The van der Waals surface area contributed by atoms with E-state index in [1.807, 2.05) is 24.0 Å². The van der Waals surface area contributed by atoms with Crippen LogP contribution in [0.2, 0.25) is 0 Å². The van der Waals surface area contributed by atoms with Crippen LogP contribution >= 0.6 is 0 Å². The van der Waals surface area contributed by atoms with Crippen LogP contribution < -0.4 is 5.73 Å². The summed E-state index contributed by atoms with van der Waals surface area (Å²) in [6, 6.07) is 1.89. The molecule has 0 unspecified atom stereocenters. The minimum Gasteiger partial charge on any atom is -0.338 e. The van der Waals surface area contributed by atoms with Crippen molar-refractivity contribution in [2.24, 2.45) is 12.8 Å². The summed E-state index contributed by atoms with van der Waals surface area (Å²) in [5.41, 5.74) is 5.72. The smallest absolute Gasteiger partial charge is 0.110 e. The van der Waals surface area contributed by atoms with Crippen LogP contribution in [0.3, 0.4) is 0 Å². The first-order valence-corrected chi connectivity index (χ1v) is 10.9. The van der Waals surface area contributed by atoms with Gasteiger partial charge in [-0.05, 0) is 66.6 Å². The third-order valence-electron chi connectivity index (χ3n) is 5.48. The van der Waals surface area contributed by atoms with Crippen molar-refractivity contribution < 1.29 is 0 Å². The van der Waals surface area contributed by atoms with Crippen molar-refractivity contribution >= 4 is 0 Å². The van der Waals surface area contributed by atoms with Gasteiger partial charge >= 0.3 is 0 Å². The molecule has 0 bridgehead atoms. The maximum atomic E-state index is 5.72. The van der Waals surface area contributed by atoms with E-state index in [1.54, 1.807) is 0 Å². The van der Waals surface area contributed by atoms with Gasteiger partial charge in [-0.15, -0.1) is 0 Å². The van der Waals surface area contributed by atoms with Crippen LogP contribution in [0.5, 0.6) is 0 Å².